The third-order valence-corrected chi connectivity index (χ3v) is 3.28. The molecule has 0 saturated carbocycles. The van der Waals surface area contributed by atoms with Crippen LogP contribution in [0.15, 0.2) is 24.3 Å². The fraction of sp³-hybridized carbons (Fsp3) is 0.538. The van der Waals surface area contributed by atoms with Gasteiger partial charge in [-0.2, -0.15) is 0 Å². The van der Waals surface area contributed by atoms with Gasteiger partial charge in [-0.05, 0) is 31.5 Å². The van der Waals surface area contributed by atoms with Crippen molar-refractivity contribution in [2.45, 2.75) is 25.9 Å². The second-order valence-electron chi connectivity index (χ2n) is 5.08. The Morgan fingerprint density at radius 2 is 2.00 bits per heavy atom. The highest BCUT2D eigenvalue weighted by molar-refractivity contribution is 5.26. The molecule has 88 valence electrons. The lowest BCUT2D eigenvalue weighted by Crippen LogP contribution is -2.57. The molecule has 1 aromatic carbocycles. The number of phenols is 1. The van der Waals surface area contributed by atoms with E-state index in [9.17, 15) is 5.11 Å². The average Bonchev–Trinajstić information content (AvgIpc) is 2.24. The third kappa shape index (κ3) is 2.54. The number of hydrogen-bond acceptors (Lipinski definition) is 3. The monoisotopic (exact) mass is 220 g/mol. The minimum atomic E-state index is 0.205. The molecule has 3 heteroatoms. The van der Waals surface area contributed by atoms with Crippen molar-refractivity contribution in [2.24, 2.45) is 0 Å². The van der Waals surface area contributed by atoms with Gasteiger partial charge in [-0.15, -0.1) is 0 Å². The Labute approximate surface area is 97.1 Å². The van der Waals surface area contributed by atoms with E-state index in [2.05, 4.69) is 24.1 Å². The zero-order valence-electron chi connectivity index (χ0n) is 10.0. The molecule has 1 aliphatic rings. The molecular weight excluding hydrogens is 200 g/mol. The maximum Gasteiger partial charge on any atom is 0.115 e. The van der Waals surface area contributed by atoms with Crippen LogP contribution in [0.5, 0.6) is 5.75 Å². The van der Waals surface area contributed by atoms with E-state index in [1.165, 1.54) is 5.56 Å². The number of hydrogen-bond donors (Lipinski definition) is 2. The van der Waals surface area contributed by atoms with Crippen LogP contribution < -0.4 is 5.32 Å². The number of aromatic hydroxyl groups is 1. The Balaban J connectivity index is 2.05. The van der Waals surface area contributed by atoms with Crippen LogP contribution in [0, 0.1) is 0 Å². The summed E-state index contributed by atoms with van der Waals surface area (Å²) >= 11 is 0. The first kappa shape index (κ1) is 11.4. The van der Waals surface area contributed by atoms with E-state index >= 15 is 0 Å². The molecule has 1 fully saturated rings. The lowest BCUT2D eigenvalue weighted by molar-refractivity contribution is 0.0827. The average molecular weight is 220 g/mol. The lowest BCUT2D eigenvalue weighted by Gasteiger charge is -2.42. The van der Waals surface area contributed by atoms with E-state index in [0.717, 1.165) is 26.2 Å². The summed E-state index contributed by atoms with van der Waals surface area (Å²) in [5.41, 5.74) is 1.46. The Kier molecular flexibility index (Phi) is 3.17. The zero-order chi connectivity index (χ0) is 11.6. The van der Waals surface area contributed by atoms with E-state index in [-0.39, 0.29) is 5.54 Å². The molecule has 16 heavy (non-hydrogen) atoms. The van der Waals surface area contributed by atoms with E-state index in [0.29, 0.717) is 5.75 Å². The Morgan fingerprint density at radius 3 is 2.62 bits per heavy atom. The van der Waals surface area contributed by atoms with Crippen LogP contribution in [0.2, 0.25) is 0 Å². The maximum absolute atomic E-state index is 9.24. The summed E-state index contributed by atoms with van der Waals surface area (Å²) in [6, 6.07) is 7.50. The summed E-state index contributed by atoms with van der Waals surface area (Å²) in [6.07, 6.45) is 0. The maximum atomic E-state index is 9.24. The molecule has 2 N–H and O–H groups in total. The molecular formula is C13H20N2O. The number of rotatable bonds is 2. The molecule has 2 rings (SSSR count). The van der Waals surface area contributed by atoms with E-state index in [1.807, 2.05) is 12.1 Å². The molecule has 1 saturated heterocycles. The van der Waals surface area contributed by atoms with Crippen LogP contribution in [-0.2, 0) is 6.54 Å². The smallest absolute Gasteiger partial charge is 0.115 e. The van der Waals surface area contributed by atoms with Gasteiger partial charge in [0, 0.05) is 31.7 Å². The zero-order valence-corrected chi connectivity index (χ0v) is 10.0. The van der Waals surface area contributed by atoms with E-state index in [4.69, 9.17) is 0 Å². The molecule has 0 spiro atoms. The number of piperazine rings is 1. The summed E-state index contributed by atoms with van der Waals surface area (Å²) in [4.78, 5) is 2.48. The number of nitrogens with one attached hydrogen (secondary N) is 1. The molecule has 0 amide bonds. The highest BCUT2D eigenvalue weighted by Gasteiger charge is 2.29. The lowest BCUT2D eigenvalue weighted by atomic mass is 9.99. The predicted molar refractivity (Wildman–Crippen MR) is 65.5 cm³/mol. The molecule has 1 aliphatic heterocycles. The van der Waals surface area contributed by atoms with Gasteiger partial charge >= 0.3 is 0 Å². The van der Waals surface area contributed by atoms with Gasteiger partial charge in [0.15, 0.2) is 0 Å². The van der Waals surface area contributed by atoms with Crippen molar-refractivity contribution in [2.75, 3.05) is 19.6 Å². The fourth-order valence-electron chi connectivity index (χ4n) is 2.14. The highest BCUT2D eigenvalue weighted by atomic mass is 16.3. The van der Waals surface area contributed by atoms with Crippen molar-refractivity contribution in [3.63, 3.8) is 0 Å². The van der Waals surface area contributed by atoms with E-state index < -0.39 is 0 Å². The second-order valence-corrected chi connectivity index (χ2v) is 5.08. The van der Waals surface area contributed by atoms with Crippen LogP contribution in [0.4, 0.5) is 0 Å². The largest absolute Gasteiger partial charge is 0.508 e. The summed E-state index contributed by atoms with van der Waals surface area (Å²) in [5, 5.41) is 12.7. The Morgan fingerprint density at radius 1 is 1.31 bits per heavy atom. The third-order valence-electron chi connectivity index (χ3n) is 3.28. The first-order chi connectivity index (χ1) is 7.58. The van der Waals surface area contributed by atoms with Crippen molar-refractivity contribution in [1.29, 1.82) is 0 Å². The van der Waals surface area contributed by atoms with Gasteiger partial charge in [0.2, 0.25) is 0 Å². The molecule has 0 atom stereocenters. The van der Waals surface area contributed by atoms with Crippen molar-refractivity contribution in [3.05, 3.63) is 29.8 Å². The molecule has 0 aliphatic carbocycles. The first-order valence-electron chi connectivity index (χ1n) is 5.82. The topological polar surface area (TPSA) is 35.5 Å². The molecule has 1 aromatic rings. The van der Waals surface area contributed by atoms with Crippen molar-refractivity contribution in [3.8, 4) is 5.75 Å². The van der Waals surface area contributed by atoms with Gasteiger partial charge in [0.05, 0.1) is 0 Å². The Hall–Kier alpha value is -1.06. The first-order valence-corrected chi connectivity index (χ1v) is 5.82. The number of benzene rings is 1. The van der Waals surface area contributed by atoms with Crippen LogP contribution in [-0.4, -0.2) is 35.2 Å². The van der Waals surface area contributed by atoms with E-state index in [1.54, 1.807) is 12.1 Å². The van der Waals surface area contributed by atoms with Crippen LogP contribution in [0.25, 0.3) is 0 Å². The summed E-state index contributed by atoms with van der Waals surface area (Å²) in [5.74, 6) is 0.336. The SMILES string of the molecule is CC1(C)CNCCN1Cc1ccc(O)cc1. The van der Waals surface area contributed by atoms with Crippen LogP contribution >= 0.6 is 0 Å². The van der Waals surface area contributed by atoms with Crippen molar-refractivity contribution in [1.82, 2.24) is 10.2 Å². The van der Waals surface area contributed by atoms with Crippen molar-refractivity contribution >= 4 is 0 Å². The van der Waals surface area contributed by atoms with Crippen LogP contribution in [0.3, 0.4) is 0 Å². The van der Waals surface area contributed by atoms with Gasteiger partial charge in [0.1, 0.15) is 5.75 Å². The van der Waals surface area contributed by atoms with Gasteiger partial charge in [-0.3, -0.25) is 4.90 Å². The summed E-state index contributed by atoms with van der Waals surface area (Å²) in [7, 11) is 0. The standard InChI is InChI=1S/C13H20N2O/c1-13(2)10-14-7-8-15(13)9-11-3-5-12(16)6-4-11/h3-6,14,16H,7-10H2,1-2H3. The van der Waals surface area contributed by atoms with Gasteiger partial charge in [-0.25, -0.2) is 0 Å². The molecule has 0 aromatic heterocycles. The minimum Gasteiger partial charge on any atom is -0.508 e. The summed E-state index contributed by atoms with van der Waals surface area (Å²) < 4.78 is 0. The quantitative estimate of drug-likeness (QED) is 0.794. The van der Waals surface area contributed by atoms with Crippen molar-refractivity contribution < 1.29 is 5.11 Å². The number of nitrogens with zero attached hydrogens (tertiary/aromatic N) is 1. The molecule has 0 radical (unpaired) electrons. The molecule has 3 nitrogen and oxygen atoms in total. The van der Waals surface area contributed by atoms with Crippen LogP contribution in [0.1, 0.15) is 19.4 Å². The fourth-order valence-corrected chi connectivity index (χ4v) is 2.14. The normalized spacial score (nSPS) is 20.9. The summed E-state index contributed by atoms with van der Waals surface area (Å²) in [6.45, 7) is 8.65. The second kappa shape index (κ2) is 4.44. The van der Waals surface area contributed by atoms with Gasteiger partial charge in [-0.1, -0.05) is 12.1 Å². The Bertz CT molecular complexity index is 345. The molecule has 1 heterocycles. The van der Waals surface area contributed by atoms with Gasteiger partial charge in [0.25, 0.3) is 0 Å². The highest BCUT2D eigenvalue weighted by Crippen LogP contribution is 2.20. The predicted octanol–water partition coefficient (Wildman–Crippen LogP) is 1.58. The van der Waals surface area contributed by atoms with Gasteiger partial charge < -0.3 is 10.4 Å². The molecule has 0 unspecified atom stereocenters. The number of phenolic OH excluding ortho intramolecular Hbond substituents is 1. The molecule has 0 bridgehead atoms. The minimum absolute atomic E-state index is 0.205.